The third-order valence-corrected chi connectivity index (χ3v) is 4.71. The number of anilines is 2. The number of aromatic nitrogens is 2. The highest BCUT2D eigenvalue weighted by atomic mass is 16.2. The Morgan fingerprint density at radius 3 is 2.58 bits per heavy atom. The molecule has 6 heteroatoms. The van der Waals surface area contributed by atoms with E-state index in [9.17, 15) is 9.59 Å². The summed E-state index contributed by atoms with van der Waals surface area (Å²) in [5.41, 5.74) is 3.56. The number of carbonyl (C=O) groups excluding carboxylic acids is 2. The summed E-state index contributed by atoms with van der Waals surface area (Å²) in [7, 11) is 0. The van der Waals surface area contributed by atoms with Crippen molar-refractivity contribution in [3.8, 4) is 0 Å². The molecule has 0 spiro atoms. The molecule has 2 amide bonds. The Bertz CT molecular complexity index is 991. The average Bonchev–Trinajstić information content (AvgIpc) is 3.13. The van der Waals surface area contributed by atoms with Crippen molar-refractivity contribution in [1.29, 1.82) is 0 Å². The third kappa shape index (κ3) is 2.63. The molecular weight excluding hydrogens is 328 g/mol. The first-order valence-corrected chi connectivity index (χ1v) is 8.73. The number of amides is 2. The van der Waals surface area contributed by atoms with E-state index in [1.165, 1.54) is 4.90 Å². The zero-order valence-electron chi connectivity index (χ0n) is 14.8. The van der Waals surface area contributed by atoms with Crippen LogP contribution in [0.4, 0.5) is 11.6 Å². The Morgan fingerprint density at radius 1 is 1.12 bits per heavy atom. The molecule has 26 heavy (non-hydrogen) atoms. The van der Waals surface area contributed by atoms with Crippen molar-refractivity contribution in [2.24, 2.45) is 0 Å². The summed E-state index contributed by atoms with van der Waals surface area (Å²) >= 11 is 0. The first-order chi connectivity index (χ1) is 12.6. The van der Waals surface area contributed by atoms with E-state index in [0.717, 1.165) is 23.1 Å². The number of nitrogens with zero attached hydrogens (tertiary/aromatic N) is 3. The number of benzene rings is 2. The van der Waals surface area contributed by atoms with Crippen LogP contribution in [-0.2, 0) is 16.1 Å². The number of hydrogen-bond donors (Lipinski definition) is 1. The summed E-state index contributed by atoms with van der Waals surface area (Å²) in [5.74, 6) is 0.176. The summed E-state index contributed by atoms with van der Waals surface area (Å²) in [4.78, 5) is 31.1. The maximum atomic E-state index is 12.8. The molecule has 3 aromatic rings. The van der Waals surface area contributed by atoms with Gasteiger partial charge in [-0.15, -0.1) is 0 Å². The number of imidazole rings is 1. The lowest BCUT2D eigenvalue weighted by Gasteiger charge is -2.16. The van der Waals surface area contributed by atoms with Crippen molar-refractivity contribution in [1.82, 2.24) is 9.55 Å². The summed E-state index contributed by atoms with van der Waals surface area (Å²) < 4.78 is 2.02. The number of imide groups is 1. The van der Waals surface area contributed by atoms with Crippen LogP contribution in [0.3, 0.4) is 0 Å². The molecule has 1 aliphatic rings. The standard InChI is InChI=1S/C20H20N4O2/c1-3-23-17-7-5-4-6-15(17)21-20(23)22-16-12-18(25)24(19(16)26)14-10-8-13(2)9-11-14/h4-11,16H,3,12H2,1-2H3,(H,21,22). The monoisotopic (exact) mass is 348 g/mol. The molecule has 2 heterocycles. The van der Waals surface area contributed by atoms with E-state index in [1.807, 2.05) is 54.8 Å². The average molecular weight is 348 g/mol. The van der Waals surface area contributed by atoms with Crippen LogP contribution in [0.1, 0.15) is 18.9 Å². The number of carbonyl (C=O) groups is 2. The van der Waals surface area contributed by atoms with Gasteiger partial charge >= 0.3 is 0 Å². The first kappa shape index (κ1) is 16.3. The first-order valence-electron chi connectivity index (χ1n) is 8.73. The van der Waals surface area contributed by atoms with Crippen LogP contribution in [-0.4, -0.2) is 27.4 Å². The Kier molecular flexibility index (Phi) is 3.95. The van der Waals surface area contributed by atoms with Crippen LogP contribution in [0, 0.1) is 6.92 Å². The van der Waals surface area contributed by atoms with Crippen LogP contribution in [0.25, 0.3) is 11.0 Å². The van der Waals surface area contributed by atoms with Gasteiger partial charge in [0.15, 0.2) is 0 Å². The summed E-state index contributed by atoms with van der Waals surface area (Å²) in [6, 6.07) is 14.6. The Balaban J connectivity index is 1.63. The number of para-hydroxylation sites is 2. The minimum Gasteiger partial charge on any atom is -0.343 e. The molecule has 1 fully saturated rings. The minimum atomic E-state index is -0.606. The number of nitrogens with one attached hydrogen (secondary N) is 1. The Hall–Kier alpha value is -3.15. The molecule has 2 aromatic carbocycles. The molecule has 4 rings (SSSR count). The van der Waals surface area contributed by atoms with E-state index in [2.05, 4.69) is 10.3 Å². The number of hydrogen-bond acceptors (Lipinski definition) is 4. The number of rotatable bonds is 4. The molecule has 1 N–H and O–H groups in total. The molecule has 6 nitrogen and oxygen atoms in total. The highest BCUT2D eigenvalue weighted by Crippen LogP contribution is 2.26. The predicted molar refractivity (Wildman–Crippen MR) is 101 cm³/mol. The molecule has 132 valence electrons. The number of aryl methyl sites for hydroxylation is 2. The lowest BCUT2D eigenvalue weighted by molar-refractivity contribution is -0.121. The maximum absolute atomic E-state index is 12.8. The van der Waals surface area contributed by atoms with Gasteiger partial charge in [-0.1, -0.05) is 29.8 Å². The van der Waals surface area contributed by atoms with Gasteiger partial charge in [-0.2, -0.15) is 0 Å². The highest BCUT2D eigenvalue weighted by molar-refractivity contribution is 6.23. The van der Waals surface area contributed by atoms with Crippen LogP contribution in [0.5, 0.6) is 0 Å². The number of fused-ring (bicyclic) bond motifs is 1. The van der Waals surface area contributed by atoms with E-state index < -0.39 is 6.04 Å². The minimum absolute atomic E-state index is 0.125. The second kappa shape index (κ2) is 6.29. The van der Waals surface area contributed by atoms with Gasteiger partial charge in [0.1, 0.15) is 6.04 Å². The molecule has 0 bridgehead atoms. The van der Waals surface area contributed by atoms with E-state index in [4.69, 9.17) is 0 Å². The van der Waals surface area contributed by atoms with Crippen LogP contribution >= 0.6 is 0 Å². The maximum Gasteiger partial charge on any atom is 0.256 e. The van der Waals surface area contributed by atoms with Gasteiger partial charge < -0.3 is 9.88 Å². The second-order valence-corrected chi connectivity index (χ2v) is 6.47. The van der Waals surface area contributed by atoms with Crippen LogP contribution < -0.4 is 10.2 Å². The quantitative estimate of drug-likeness (QED) is 0.736. The second-order valence-electron chi connectivity index (χ2n) is 6.47. The van der Waals surface area contributed by atoms with E-state index >= 15 is 0 Å². The fourth-order valence-corrected chi connectivity index (χ4v) is 3.37. The van der Waals surface area contributed by atoms with E-state index in [-0.39, 0.29) is 18.2 Å². The fraction of sp³-hybridized carbons (Fsp3) is 0.250. The van der Waals surface area contributed by atoms with Crippen molar-refractivity contribution in [3.05, 3.63) is 54.1 Å². The lowest BCUT2D eigenvalue weighted by Crippen LogP contribution is -2.35. The molecule has 0 radical (unpaired) electrons. The van der Waals surface area contributed by atoms with Crippen LogP contribution in [0.2, 0.25) is 0 Å². The van der Waals surface area contributed by atoms with Gasteiger partial charge in [0.05, 0.1) is 23.1 Å². The van der Waals surface area contributed by atoms with Crippen molar-refractivity contribution >= 4 is 34.5 Å². The molecule has 1 unspecified atom stereocenters. The largest absolute Gasteiger partial charge is 0.343 e. The Morgan fingerprint density at radius 2 is 1.85 bits per heavy atom. The van der Waals surface area contributed by atoms with Gasteiger partial charge in [-0.05, 0) is 38.1 Å². The fourth-order valence-electron chi connectivity index (χ4n) is 3.37. The topological polar surface area (TPSA) is 67.2 Å². The van der Waals surface area contributed by atoms with Gasteiger partial charge in [0, 0.05) is 6.54 Å². The SMILES string of the molecule is CCn1c(NC2CC(=O)N(c3ccc(C)cc3)C2=O)nc2ccccc21. The molecule has 1 saturated heterocycles. The van der Waals surface area contributed by atoms with Crippen molar-refractivity contribution in [3.63, 3.8) is 0 Å². The molecule has 0 aliphatic carbocycles. The molecule has 1 atom stereocenters. The van der Waals surface area contributed by atoms with E-state index in [1.54, 1.807) is 12.1 Å². The van der Waals surface area contributed by atoms with Gasteiger partial charge in [-0.3, -0.25) is 9.59 Å². The lowest BCUT2D eigenvalue weighted by atomic mass is 10.2. The van der Waals surface area contributed by atoms with Crippen LogP contribution in [0.15, 0.2) is 48.5 Å². The smallest absolute Gasteiger partial charge is 0.256 e. The van der Waals surface area contributed by atoms with Crippen molar-refractivity contribution < 1.29 is 9.59 Å². The summed E-state index contributed by atoms with van der Waals surface area (Å²) in [6.45, 7) is 4.72. The van der Waals surface area contributed by atoms with Crippen molar-refractivity contribution in [2.75, 3.05) is 10.2 Å². The Labute approximate surface area is 151 Å². The highest BCUT2D eigenvalue weighted by Gasteiger charge is 2.40. The zero-order chi connectivity index (χ0) is 18.3. The van der Waals surface area contributed by atoms with Crippen molar-refractivity contribution in [2.45, 2.75) is 32.9 Å². The summed E-state index contributed by atoms with van der Waals surface area (Å²) in [6.07, 6.45) is 0.125. The van der Waals surface area contributed by atoms with Gasteiger partial charge in [0.2, 0.25) is 11.9 Å². The molecule has 1 aliphatic heterocycles. The molecule has 1 aromatic heterocycles. The third-order valence-electron chi connectivity index (χ3n) is 4.71. The molecule has 0 saturated carbocycles. The normalized spacial score (nSPS) is 17.3. The predicted octanol–water partition coefficient (Wildman–Crippen LogP) is 3.11. The van der Waals surface area contributed by atoms with Gasteiger partial charge in [-0.25, -0.2) is 9.88 Å². The van der Waals surface area contributed by atoms with Gasteiger partial charge in [0.25, 0.3) is 5.91 Å². The van der Waals surface area contributed by atoms with E-state index in [0.29, 0.717) is 11.6 Å². The summed E-state index contributed by atoms with van der Waals surface area (Å²) in [5, 5.41) is 3.18. The molecular formula is C20H20N4O2. The zero-order valence-corrected chi connectivity index (χ0v) is 14.8.